The van der Waals surface area contributed by atoms with Crippen molar-refractivity contribution in [1.29, 1.82) is 0 Å². The van der Waals surface area contributed by atoms with Crippen LogP contribution in [0.3, 0.4) is 0 Å². The van der Waals surface area contributed by atoms with Crippen LogP contribution in [0.15, 0.2) is 35.8 Å². The first kappa shape index (κ1) is 15.9. The van der Waals surface area contributed by atoms with Gasteiger partial charge >= 0.3 is 0 Å². The highest BCUT2D eigenvalue weighted by Gasteiger charge is 2.20. The smallest absolute Gasteiger partial charge is 0.169 e. The van der Waals surface area contributed by atoms with E-state index in [1.54, 1.807) is 11.3 Å². The van der Waals surface area contributed by atoms with Gasteiger partial charge in [0, 0.05) is 49.4 Å². The number of phenols is 3. The van der Waals surface area contributed by atoms with Gasteiger partial charge in [-0.25, -0.2) is 9.97 Å². The first-order chi connectivity index (χ1) is 12.1. The number of benzene rings is 1. The summed E-state index contributed by atoms with van der Waals surface area (Å²) in [5, 5.41) is 31.0. The number of thiophene rings is 1. The van der Waals surface area contributed by atoms with Gasteiger partial charge in [0.05, 0.1) is 10.6 Å². The highest BCUT2D eigenvalue weighted by molar-refractivity contribution is 7.13. The van der Waals surface area contributed by atoms with E-state index in [2.05, 4.69) is 9.88 Å². The van der Waals surface area contributed by atoms with Gasteiger partial charge in [0.1, 0.15) is 5.75 Å². The first-order valence-electron chi connectivity index (χ1n) is 7.95. The second-order valence-corrected chi connectivity index (χ2v) is 7.02. The van der Waals surface area contributed by atoms with Gasteiger partial charge in [0.15, 0.2) is 17.3 Å². The number of fused-ring (bicyclic) bond motifs is 1. The van der Waals surface area contributed by atoms with Crippen molar-refractivity contribution in [1.82, 2.24) is 14.9 Å². The minimum atomic E-state index is -0.320. The minimum Gasteiger partial charge on any atom is -0.507 e. The van der Waals surface area contributed by atoms with Crippen LogP contribution in [-0.4, -0.2) is 36.7 Å². The molecule has 3 heterocycles. The van der Waals surface area contributed by atoms with E-state index in [-0.39, 0.29) is 17.2 Å². The van der Waals surface area contributed by atoms with E-state index < -0.39 is 0 Å². The van der Waals surface area contributed by atoms with Crippen LogP contribution in [0.2, 0.25) is 0 Å². The summed E-state index contributed by atoms with van der Waals surface area (Å²) >= 11 is 1.63. The fourth-order valence-electron chi connectivity index (χ4n) is 3.01. The van der Waals surface area contributed by atoms with Gasteiger partial charge in [-0.15, -0.1) is 11.3 Å². The number of nitrogens with zero attached hydrogens (tertiary/aromatic N) is 3. The SMILES string of the molecule is Oc1cc(O)c(CN2CCc3nc(-c4cccs4)ncc3C2)cc1O. The lowest BCUT2D eigenvalue weighted by Gasteiger charge is -2.28. The number of hydrogen-bond acceptors (Lipinski definition) is 7. The minimum absolute atomic E-state index is 0.0228. The normalized spacial score (nSPS) is 14.4. The van der Waals surface area contributed by atoms with Crippen LogP contribution < -0.4 is 0 Å². The van der Waals surface area contributed by atoms with E-state index in [1.165, 1.54) is 12.1 Å². The quantitative estimate of drug-likeness (QED) is 0.494. The Labute approximate surface area is 148 Å². The fraction of sp³-hybridized carbons (Fsp3) is 0.222. The van der Waals surface area contributed by atoms with E-state index in [9.17, 15) is 15.3 Å². The van der Waals surface area contributed by atoms with Crippen LogP contribution in [0.25, 0.3) is 10.7 Å². The zero-order chi connectivity index (χ0) is 17.4. The van der Waals surface area contributed by atoms with Crippen LogP contribution >= 0.6 is 11.3 Å². The molecule has 128 valence electrons. The van der Waals surface area contributed by atoms with Crippen molar-refractivity contribution in [3.05, 3.63) is 52.7 Å². The molecule has 0 amide bonds. The molecule has 0 fully saturated rings. The molecule has 0 bridgehead atoms. The molecule has 0 spiro atoms. The van der Waals surface area contributed by atoms with Crippen molar-refractivity contribution in [2.24, 2.45) is 0 Å². The number of phenolic OH excluding ortho intramolecular Hbond substituents is 3. The third kappa shape index (κ3) is 3.16. The summed E-state index contributed by atoms with van der Waals surface area (Å²) in [7, 11) is 0. The topological polar surface area (TPSA) is 89.7 Å². The molecular weight excluding hydrogens is 338 g/mol. The van der Waals surface area contributed by atoms with Gasteiger partial charge in [-0.1, -0.05) is 6.07 Å². The van der Waals surface area contributed by atoms with Gasteiger partial charge in [-0.2, -0.15) is 0 Å². The summed E-state index contributed by atoms with van der Waals surface area (Å²) in [6.45, 7) is 1.96. The molecule has 1 aromatic carbocycles. The maximum absolute atomic E-state index is 9.96. The molecule has 0 unspecified atom stereocenters. The molecule has 3 aromatic rings. The molecular formula is C18H17N3O3S. The maximum Gasteiger partial charge on any atom is 0.169 e. The van der Waals surface area contributed by atoms with Crippen LogP contribution in [-0.2, 0) is 19.5 Å². The molecule has 6 nitrogen and oxygen atoms in total. The van der Waals surface area contributed by atoms with Crippen molar-refractivity contribution in [2.75, 3.05) is 6.54 Å². The molecule has 1 aliphatic heterocycles. The van der Waals surface area contributed by atoms with Crippen molar-refractivity contribution in [2.45, 2.75) is 19.5 Å². The van der Waals surface area contributed by atoms with Crippen LogP contribution in [0.1, 0.15) is 16.8 Å². The predicted octanol–water partition coefficient (Wildman–Crippen LogP) is 2.88. The summed E-state index contributed by atoms with van der Waals surface area (Å²) in [6, 6.07) is 6.57. The Kier molecular flexibility index (Phi) is 4.03. The molecule has 7 heteroatoms. The van der Waals surface area contributed by atoms with E-state index in [0.717, 1.165) is 34.9 Å². The monoisotopic (exact) mass is 355 g/mol. The van der Waals surface area contributed by atoms with E-state index in [4.69, 9.17) is 4.98 Å². The maximum atomic E-state index is 9.96. The summed E-state index contributed by atoms with van der Waals surface area (Å²) < 4.78 is 0. The van der Waals surface area contributed by atoms with Crippen LogP contribution in [0.4, 0.5) is 0 Å². The van der Waals surface area contributed by atoms with Crippen molar-refractivity contribution >= 4 is 11.3 Å². The van der Waals surface area contributed by atoms with Crippen molar-refractivity contribution < 1.29 is 15.3 Å². The molecule has 0 radical (unpaired) electrons. The van der Waals surface area contributed by atoms with Crippen LogP contribution in [0, 0.1) is 0 Å². The molecule has 0 saturated carbocycles. The second-order valence-electron chi connectivity index (χ2n) is 6.07. The van der Waals surface area contributed by atoms with E-state index in [0.29, 0.717) is 18.7 Å². The second kappa shape index (κ2) is 6.34. The zero-order valence-electron chi connectivity index (χ0n) is 13.4. The van der Waals surface area contributed by atoms with Gasteiger partial charge in [0.2, 0.25) is 0 Å². The summed E-state index contributed by atoms with van der Waals surface area (Å²) in [4.78, 5) is 12.4. The highest BCUT2D eigenvalue weighted by atomic mass is 32.1. The predicted molar refractivity (Wildman–Crippen MR) is 94.6 cm³/mol. The lowest BCUT2D eigenvalue weighted by molar-refractivity contribution is 0.239. The molecule has 0 saturated heterocycles. The first-order valence-corrected chi connectivity index (χ1v) is 8.83. The van der Waals surface area contributed by atoms with Crippen molar-refractivity contribution in [3.8, 4) is 28.0 Å². The third-order valence-electron chi connectivity index (χ3n) is 4.32. The molecule has 2 aromatic heterocycles. The number of rotatable bonds is 3. The Balaban J connectivity index is 1.53. The van der Waals surface area contributed by atoms with Gasteiger partial charge in [0.25, 0.3) is 0 Å². The Bertz CT molecular complexity index is 912. The molecule has 3 N–H and O–H groups in total. The van der Waals surface area contributed by atoms with E-state index in [1.807, 2.05) is 23.7 Å². The zero-order valence-corrected chi connectivity index (χ0v) is 14.2. The standard InChI is InChI=1S/C18H17N3O3S/c22-14-7-16(24)15(23)6-11(14)9-21-4-3-13-12(10-21)8-19-18(20-13)17-2-1-5-25-17/h1-2,5-8,22-24H,3-4,9-10H2. The Morgan fingerprint density at radius 2 is 1.96 bits per heavy atom. The van der Waals surface area contributed by atoms with Gasteiger partial charge in [-0.3, -0.25) is 4.90 Å². The van der Waals surface area contributed by atoms with Crippen molar-refractivity contribution in [3.63, 3.8) is 0 Å². The summed E-state index contributed by atoms with van der Waals surface area (Å²) in [6.07, 6.45) is 2.68. The molecule has 0 aliphatic carbocycles. The molecule has 0 atom stereocenters. The molecule has 25 heavy (non-hydrogen) atoms. The highest BCUT2D eigenvalue weighted by Crippen LogP contribution is 2.33. The Morgan fingerprint density at radius 3 is 2.76 bits per heavy atom. The lowest BCUT2D eigenvalue weighted by atomic mass is 10.1. The average molecular weight is 355 g/mol. The largest absolute Gasteiger partial charge is 0.507 e. The number of hydrogen-bond donors (Lipinski definition) is 3. The average Bonchev–Trinajstić information content (AvgIpc) is 3.14. The van der Waals surface area contributed by atoms with Gasteiger partial charge < -0.3 is 15.3 Å². The Morgan fingerprint density at radius 1 is 1.12 bits per heavy atom. The fourth-order valence-corrected chi connectivity index (χ4v) is 3.68. The number of aromatic hydroxyl groups is 3. The van der Waals surface area contributed by atoms with E-state index >= 15 is 0 Å². The summed E-state index contributed by atoms with van der Waals surface area (Å²) in [5.41, 5.74) is 2.72. The molecule has 4 rings (SSSR count). The molecule has 1 aliphatic rings. The summed E-state index contributed by atoms with van der Waals surface area (Å²) in [5.74, 6) is 0.197. The third-order valence-corrected chi connectivity index (χ3v) is 5.19. The van der Waals surface area contributed by atoms with Gasteiger partial charge in [-0.05, 0) is 17.5 Å². The Hall–Kier alpha value is -2.64. The lowest BCUT2D eigenvalue weighted by Crippen LogP contribution is -2.31. The number of aromatic nitrogens is 2. The van der Waals surface area contributed by atoms with Crippen LogP contribution in [0.5, 0.6) is 17.2 Å².